The van der Waals surface area contributed by atoms with Crippen LogP contribution in [0.5, 0.6) is 0 Å². The van der Waals surface area contributed by atoms with Gasteiger partial charge in [-0.15, -0.1) is 11.6 Å². The molecule has 1 aliphatic heterocycles. The Balaban J connectivity index is 2.13. The summed E-state index contributed by atoms with van der Waals surface area (Å²) in [5.74, 6) is 0.566. The normalized spacial score (nSPS) is 18.4. The Hall–Kier alpha value is 0.150. The van der Waals surface area contributed by atoms with Crippen molar-refractivity contribution in [2.75, 3.05) is 38.6 Å². The third kappa shape index (κ3) is 3.67. The predicted octanol–water partition coefficient (Wildman–Crippen LogP) is 2.65. The molecule has 1 aromatic carbocycles. The molecule has 1 saturated heterocycles. The maximum atomic E-state index is 12.5. The molecule has 1 aromatic rings. The third-order valence-electron chi connectivity index (χ3n) is 3.26. The Morgan fingerprint density at radius 2 is 1.85 bits per heavy atom. The van der Waals surface area contributed by atoms with Crippen molar-refractivity contribution >= 4 is 49.2 Å². The highest BCUT2D eigenvalue weighted by Crippen LogP contribution is 2.27. The summed E-state index contributed by atoms with van der Waals surface area (Å²) in [5.41, 5.74) is 0. The Labute approximate surface area is 137 Å². The molecule has 0 amide bonds. The molecule has 0 spiro atoms. The van der Waals surface area contributed by atoms with E-state index in [4.69, 9.17) is 23.2 Å². The van der Waals surface area contributed by atoms with E-state index in [2.05, 4.69) is 20.8 Å². The number of benzene rings is 1. The van der Waals surface area contributed by atoms with E-state index in [0.717, 1.165) is 6.54 Å². The van der Waals surface area contributed by atoms with Crippen LogP contribution in [0.15, 0.2) is 27.6 Å². The topological polar surface area (TPSA) is 40.6 Å². The molecule has 20 heavy (non-hydrogen) atoms. The summed E-state index contributed by atoms with van der Waals surface area (Å²) < 4.78 is 27.2. The summed E-state index contributed by atoms with van der Waals surface area (Å²) in [6, 6.07) is 4.67. The first-order valence-corrected chi connectivity index (χ1v) is 9.33. The van der Waals surface area contributed by atoms with Crippen molar-refractivity contribution in [1.29, 1.82) is 0 Å². The van der Waals surface area contributed by atoms with Crippen LogP contribution in [0.3, 0.4) is 0 Å². The van der Waals surface area contributed by atoms with Gasteiger partial charge in [0, 0.05) is 43.1 Å². The van der Waals surface area contributed by atoms with E-state index < -0.39 is 10.0 Å². The van der Waals surface area contributed by atoms with E-state index in [-0.39, 0.29) is 4.90 Å². The quantitative estimate of drug-likeness (QED) is 0.728. The molecule has 0 bridgehead atoms. The average Bonchev–Trinajstić information content (AvgIpc) is 2.43. The first kappa shape index (κ1) is 16.5. The van der Waals surface area contributed by atoms with Gasteiger partial charge in [0.1, 0.15) is 0 Å². The van der Waals surface area contributed by atoms with Crippen molar-refractivity contribution in [3.63, 3.8) is 0 Å². The molecule has 2 rings (SSSR count). The molecule has 0 radical (unpaired) electrons. The fraction of sp³-hybridized carbons (Fsp3) is 0.500. The van der Waals surface area contributed by atoms with Crippen LogP contribution in [0.2, 0.25) is 5.02 Å². The van der Waals surface area contributed by atoms with Gasteiger partial charge < -0.3 is 0 Å². The van der Waals surface area contributed by atoms with Crippen molar-refractivity contribution in [1.82, 2.24) is 9.21 Å². The molecular formula is C12H15BrCl2N2O2S. The van der Waals surface area contributed by atoms with Gasteiger partial charge >= 0.3 is 0 Å². The Bertz CT molecular complexity index is 575. The molecule has 1 fully saturated rings. The standard InChI is InChI=1S/C12H15BrCl2N2O2S/c13-11-9-10(1-2-12(11)15)20(18,19)17-7-5-16(4-3-14)6-8-17/h1-2,9H,3-8H2. The van der Waals surface area contributed by atoms with Gasteiger partial charge in [0.2, 0.25) is 10.0 Å². The summed E-state index contributed by atoms with van der Waals surface area (Å²) in [4.78, 5) is 2.43. The number of nitrogens with zero attached hydrogens (tertiary/aromatic N) is 2. The number of alkyl halides is 1. The highest BCUT2D eigenvalue weighted by molar-refractivity contribution is 9.10. The van der Waals surface area contributed by atoms with Crippen molar-refractivity contribution in [3.05, 3.63) is 27.7 Å². The lowest BCUT2D eigenvalue weighted by Crippen LogP contribution is -2.48. The molecular weight excluding hydrogens is 387 g/mol. The molecule has 0 N–H and O–H groups in total. The second kappa shape index (κ2) is 6.94. The van der Waals surface area contributed by atoms with Gasteiger partial charge in [0.25, 0.3) is 0 Å². The Kier molecular flexibility index (Phi) is 5.73. The summed E-state index contributed by atoms with van der Waals surface area (Å²) >= 11 is 14.8. The molecule has 112 valence electrons. The zero-order valence-corrected chi connectivity index (χ0v) is 14.6. The van der Waals surface area contributed by atoms with E-state index in [9.17, 15) is 8.42 Å². The predicted molar refractivity (Wildman–Crippen MR) is 85.1 cm³/mol. The number of hydrogen-bond donors (Lipinski definition) is 0. The molecule has 8 heteroatoms. The van der Waals surface area contributed by atoms with E-state index >= 15 is 0 Å². The minimum absolute atomic E-state index is 0.263. The van der Waals surface area contributed by atoms with Gasteiger partial charge in [0.15, 0.2) is 0 Å². The zero-order valence-electron chi connectivity index (χ0n) is 10.7. The second-order valence-corrected chi connectivity index (χ2v) is 8.09. The van der Waals surface area contributed by atoms with Crippen LogP contribution in [0.1, 0.15) is 0 Å². The number of rotatable bonds is 4. The molecule has 4 nitrogen and oxygen atoms in total. The molecule has 0 unspecified atom stereocenters. The minimum Gasteiger partial charge on any atom is -0.300 e. The van der Waals surface area contributed by atoms with Crippen LogP contribution in [0.4, 0.5) is 0 Å². The monoisotopic (exact) mass is 400 g/mol. The largest absolute Gasteiger partial charge is 0.300 e. The lowest BCUT2D eigenvalue weighted by molar-refractivity contribution is 0.197. The summed E-state index contributed by atoms with van der Waals surface area (Å²) in [7, 11) is -3.45. The molecule has 1 aliphatic rings. The van der Waals surface area contributed by atoms with Gasteiger partial charge in [-0.05, 0) is 34.1 Å². The highest BCUT2D eigenvalue weighted by Gasteiger charge is 2.28. The zero-order chi connectivity index (χ0) is 14.8. The molecule has 1 heterocycles. The number of hydrogen-bond acceptors (Lipinski definition) is 3. The summed E-state index contributed by atoms with van der Waals surface area (Å²) in [5, 5.41) is 0.496. The van der Waals surface area contributed by atoms with Crippen LogP contribution in [-0.4, -0.2) is 56.2 Å². The third-order valence-corrected chi connectivity index (χ3v) is 6.54. The molecule has 0 aliphatic carbocycles. The van der Waals surface area contributed by atoms with Gasteiger partial charge in [-0.1, -0.05) is 11.6 Å². The van der Waals surface area contributed by atoms with Gasteiger partial charge in [-0.2, -0.15) is 4.31 Å². The lowest BCUT2D eigenvalue weighted by Gasteiger charge is -2.33. The second-order valence-electron chi connectivity index (χ2n) is 4.51. The lowest BCUT2D eigenvalue weighted by atomic mass is 10.4. The van der Waals surface area contributed by atoms with E-state index in [0.29, 0.717) is 41.6 Å². The highest BCUT2D eigenvalue weighted by atomic mass is 79.9. The maximum Gasteiger partial charge on any atom is 0.243 e. The molecule has 0 saturated carbocycles. The van der Waals surface area contributed by atoms with Crippen LogP contribution < -0.4 is 0 Å². The molecule has 0 aromatic heterocycles. The fourth-order valence-corrected chi connectivity index (χ4v) is 4.44. The Morgan fingerprint density at radius 1 is 1.20 bits per heavy atom. The fourth-order valence-electron chi connectivity index (χ4n) is 2.10. The van der Waals surface area contributed by atoms with Crippen molar-refractivity contribution in [2.24, 2.45) is 0 Å². The van der Waals surface area contributed by atoms with E-state index in [1.807, 2.05) is 0 Å². The first-order valence-electron chi connectivity index (χ1n) is 6.18. The minimum atomic E-state index is -3.45. The smallest absolute Gasteiger partial charge is 0.243 e. The average molecular weight is 402 g/mol. The summed E-state index contributed by atoms with van der Waals surface area (Å²) in [6.07, 6.45) is 0. The van der Waals surface area contributed by atoms with Crippen molar-refractivity contribution in [3.8, 4) is 0 Å². The van der Waals surface area contributed by atoms with Crippen LogP contribution >= 0.6 is 39.1 Å². The first-order chi connectivity index (χ1) is 9.45. The van der Waals surface area contributed by atoms with Gasteiger partial charge in [0.05, 0.1) is 9.92 Å². The Morgan fingerprint density at radius 3 is 2.40 bits per heavy atom. The van der Waals surface area contributed by atoms with Gasteiger partial charge in [-0.3, -0.25) is 4.90 Å². The van der Waals surface area contributed by atoms with Crippen molar-refractivity contribution in [2.45, 2.75) is 4.90 Å². The van der Waals surface area contributed by atoms with Crippen molar-refractivity contribution < 1.29 is 8.42 Å². The summed E-state index contributed by atoms with van der Waals surface area (Å²) in [6.45, 7) is 3.18. The molecule has 0 atom stereocenters. The van der Waals surface area contributed by atoms with Gasteiger partial charge in [-0.25, -0.2) is 8.42 Å². The van der Waals surface area contributed by atoms with E-state index in [1.165, 1.54) is 10.4 Å². The number of halogens is 3. The van der Waals surface area contributed by atoms with Crippen LogP contribution in [0.25, 0.3) is 0 Å². The maximum absolute atomic E-state index is 12.5. The van der Waals surface area contributed by atoms with Crippen LogP contribution in [-0.2, 0) is 10.0 Å². The van der Waals surface area contributed by atoms with E-state index in [1.54, 1.807) is 12.1 Å². The number of sulfonamides is 1. The van der Waals surface area contributed by atoms with Crippen LogP contribution in [0, 0.1) is 0 Å². The SMILES string of the molecule is O=S(=O)(c1ccc(Cl)c(Br)c1)N1CCN(CCCl)CC1. The number of piperazine rings is 1.